The number of hydrogen-bond acceptors (Lipinski definition) is 3. The van der Waals surface area contributed by atoms with E-state index in [-0.39, 0.29) is 17.7 Å². The quantitative estimate of drug-likeness (QED) is 0.778. The maximum absolute atomic E-state index is 12.7. The van der Waals surface area contributed by atoms with Crippen LogP contribution in [0.25, 0.3) is 11.0 Å². The number of nitrogens with one attached hydrogen (secondary N) is 1. The second-order valence-electron chi connectivity index (χ2n) is 6.23. The van der Waals surface area contributed by atoms with Crippen LogP contribution in [0, 0.1) is 0 Å². The predicted octanol–water partition coefficient (Wildman–Crippen LogP) is 3.17. The van der Waals surface area contributed by atoms with Crippen molar-refractivity contribution >= 4 is 16.9 Å². The minimum Gasteiger partial charge on any atom is -0.508 e. The second kappa shape index (κ2) is 6.00. The number of aromatic hydroxyl groups is 1. The molecular formula is C19H19N3O2. The van der Waals surface area contributed by atoms with Gasteiger partial charge in [-0.2, -0.15) is 0 Å². The Balaban J connectivity index is 1.56. The Kier molecular flexibility index (Phi) is 3.69. The van der Waals surface area contributed by atoms with E-state index in [0.29, 0.717) is 6.42 Å². The Bertz CT molecular complexity index is 854. The number of aromatic amines is 1. The minimum atomic E-state index is 0.00205. The fourth-order valence-corrected chi connectivity index (χ4v) is 3.42. The van der Waals surface area contributed by atoms with E-state index >= 15 is 0 Å². The number of fused-ring (bicyclic) bond motifs is 1. The lowest BCUT2D eigenvalue weighted by Crippen LogP contribution is -2.32. The Morgan fingerprint density at radius 2 is 2.12 bits per heavy atom. The maximum atomic E-state index is 12.7. The van der Waals surface area contributed by atoms with E-state index in [1.54, 1.807) is 18.2 Å². The summed E-state index contributed by atoms with van der Waals surface area (Å²) >= 11 is 0. The molecule has 0 saturated carbocycles. The maximum Gasteiger partial charge on any atom is 0.227 e. The number of likely N-dealkylation sites (tertiary alicyclic amines) is 1. The topological polar surface area (TPSA) is 69.2 Å². The van der Waals surface area contributed by atoms with Crippen molar-refractivity contribution in [2.24, 2.45) is 0 Å². The van der Waals surface area contributed by atoms with Gasteiger partial charge in [0, 0.05) is 6.54 Å². The van der Waals surface area contributed by atoms with Crippen LogP contribution in [0.2, 0.25) is 0 Å². The molecule has 0 spiro atoms. The summed E-state index contributed by atoms with van der Waals surface area (Å²) in [7, 11) is 0. The van der Waals surface area contributed by atoms with Gasteiger partial charge in [0.1, 0.15) is 11.6 Å². The number of hydrogen-bond donors (Lipinski definition) is 2. The molecule has 1 saturated heterocycles. The Labute approximate surface area is 139 Å². The van der Waals surface area contributed by atoms with Gasteiger partial charge in [0.25, 0.3) is 0 Å². The molecule has 1 atom stereocenters. The van der Waals surface area contributed by atoms with Gasteiger partial charge in [0.15, 0.2) is 0 Å². The molecule has 1 amide bonds. The van der Waals surface area contributed by atoms with E-state index in [4.69, 9.17) is 0 Å². The number of phenolic OH excluding ortho intramolecular Hbond substituents is 1. The number of carbonyl (C=O) groups is 1. The number of phenols is 1. The van der Waals surface area contributed by atoms with Crippen molar-refractivity contribution in [3.05, 3.63) is 59.9 Å². The molecule has 1 aliphatic rings. The first-order valence-corrected chi connectivity index (χ1v) is 8.23. The Hall–Kier alpha value is -2.82. The summed E-state index contributed by atoms with van der Waals surface area (Å²) in [6.45, 7) is 0.749. The van der Waals surface area contributed by atoms with Crippen LogP contribution in [0.15, 0.2) is 48.5 Å². The smallest absolute Gasteiger partial charge is 0.227 e. The number of benzene rings is 2. The Morgan fingerprint density at radius 1 is 1.25 bits per heavy atom. The molecule has 4 rings (SSSR count). The van der Waals surface area contributed by atoms with Gasteiger partial charge in [-0.25, -0.2) is 4.98 Å². The largest absolute Gasteiger partial charge is 0.508 e. The number of H-pyrrole nitrogens is 1. The van der Waals surface area contributed by atoms with E-state index in [0.717, 1.165) is 41.8 Å². The van der Waals surface area contributed by atoms with Gasteiger partial charge < -0.3 is 15.0 Å². The standard InChI is InChI=1S/C19H19N3O2/c23-14-6-3-5-13(11-14)12-18(24)22-10-4-9-17(22)19-20-15-7-1-2-8-16(15)21-19/h1-3,5-8,11,17,23H,4,9-10,12H2,(H,20,21)/t17-/m1/s1. The van der Waals surface area contributed by atoms with Crippen LogP contribution in [-0.4, -0.2) is 32.4 Å². The zero-order valence-electron chi connectivity index (χ0n) is 13.3. The van der Waals surface area contributed by atoms with Crippen molar-refractivity contribution in [3.8, 4) is 5.75 Å². The monoisotopic (exact) mass is 321 g/mol. The molecule has 1 fully saturated rings. The molecule has 2 N–H and O–H groups in total. The number of para-hydroxylation sites is 2. The van der Waals surface area contributed by atoms with Gasteiger partial charge in [-0.05, 0) is 42.7 Å². The Morgan fingerprint density at radius 3 is 2.96 bits per heavy atom. The fourth-order valence-electron chi connectivity index (χ4n) is 3.42. The third-order valence-corrected chi connectivity index (χ3v) is 4.56. The lowest BCUT2D eigenvalue weighted by atomic mass is 10.1. The summed E-state index contributed by atoms with van der Waals surface area (Å²) in [6, 6.07) is 14.8. The third-order valence-electron chi connectivity index (χ3n) is 4.56. The minimum absolute atomic E-state index is 0.00205. The SMILES string of the molecule is O=C(Cc1cccc(O)c1)N1CCC[C@@H]1c1nc2ccccc2[nH]1. The summed E-state index contributed by atoms with van der Waals surface area (Å²) in [4.78, 5) is 22.6. The molecule has 3 aromatic rings. The lowest BCUT2D eigenvalue weighted by Gasteiger charge is -2.23. The average molecular weight is 321 g/mol. The van der Waals surface area contributed by atoms with Crippen molar-refractivity contribution in [1.29, 1.82) is 0 Å². The molecule has 5 heteroatoms. The highest BCUT2D eigenvalue weighted by molar-refractivity contribution is 5.80. The lowest BCUT2D eigenvalue weighted by molar-refractivity contribution is -0.131. The summed E-state index contributed by atoms with van der Waals surface area (Å²) in [6.07, 6.45) is 2.20. The first-order valence-electron chi connectivity index (χ1n) is 8.23. The van der Waals surface area contributed by atoms with Crippen LogP contribution in [0.5, 0.6) is 5.75 Å². The van der Waals surface area contributed by atoms with E-state index < -0.39 is 0 Å². The molecular weight excluding hydrogens is 302 g/mol. The van der Waals surface area contributed by atoms with Crippen molar-refractivity contribution in [1.82, 2.24) is 14.9 Å². The van der Waals surface area contributed by atoms with Gasteiger partial charge in [-0.1, -0.05) is 24.3 Å². The van der Waals surface area contributed by atoms with Crippen LogP contribution < -0.4 is 0 Å². The van der Waals surface area contributed by atoms with Gasteiger partial charge in [0.2, 0.25) is 5.91 Å². The summed E-state index contributed by atoms with van der Waals surface area (Å²) in [5, 5.41) is 9.56. The normalized spacial score (nSPS) is 17.5. The number of rotatable bonds is 3. The van der Waals surface area contributed by atoms with E-state index in [2.05, 4.69) is 9.97 Å². The third kappa shape index (κ3) is 2.73. The number of amides is 1. The van der Waals surface area contributed by atoms with Gasteiger partial charge in [0.05, 0.1) is 23.5 Å². The van der Waals surface area contributed by atoms with Gasteiger partial charge in [-0.3, -0.25) is 4.79 Å². The summed E-state index contributed by atoms with van der Waals surface area (Å²) in [5.41, 5.74) is 2.76. The van der Waals surface area contributed by atoms with Crippen molar-refractivity contribution < 1.29 is 9.90 Å². The van der Waals surface area contributed by atoms with Gasteiger partial charge in [-0.15, -0.1) is 0 Å². The first-order chi connectivity index (χ1) is 11.7. The first kappa shape index (κ1) is 14.8. The van der Waals surface area contributed by atoms with Crippen molar-refractivity contribution in [2.45, 2.75) is 25.3 Å². The van der Waals surface area contributed by atoms with Crippen molar-refractivity contribution in [2.75, 3.05) is 6.54 Å². The summed E-state index contributed by atoms with van der Waals surface area (Å²) < 4.78 is 0. The molecule has 122 valence electrons. The molecule has 1 aliphatic heterocycles. The highest BCUT2D eigenvalue weighted by atomic mass is 16.3. The van der Waals surface area contributed by atoms with Gasteiger partial charge >= 0.3 is 0 Å². The van der Waals surface area contributed by atoms with Crippen LogP contribution in [0.1, 0.15) is 30.3 Å². The fraction of sp³-hybridized carbons (Fsp3) is 0.263. The molecule has 24 heavy (non-hydrogen) atoms. The number of imidazole rings is 1. The van der Waals surface area contributed by atoms with E-state index in [1.165, 1.54) is 0 Å². The molecule has 5 nitrogen and oxygen atoms in total. The molecule has 0 radical (unpaired) electrons. The molecule has 0 unspecified atom stereocenters. The second-order valence-corrected chi connectivity index (χ2v) is 6.23. The van der Waals surface area contributed by atoms with Crippen LogP contribution in [0.3, 0.4) is 0 Å². The number of nitrogens with zero attached hydrogens (tertiary/aromatic N) is 2. The van der Waals surface area contributed by atoms with E-state index in [9.17, 15) is 9.90 Å². The molecule has 0 aliphatic carbocycles. The molecule has 0 bridgehead atoms. The predicted molar refractivity (Wildman–Crippen MR) is 91.6 cm³/mol. The van der Waals surface area contributed by atoms with Crippen LogP contribution >= 0.6 is 0 Å². The van der Waals surface area contributed by atoms with Crippen LogP contribution in [-0.2, 0) is 11.2 Å². The molecule has 2 heterocycles. The highest BCUT2D eigenvalue weighted by Crippen LogP contribution is 2.32. The van der Waals surface area contributed by atoms with Crippen molar-refractivity contribution in [3.63, 3.8) is 0 Å². The molecule has 1 aromatic heterocycles. The number of carbonyl (C=O) groups excluding carboxylic acids is 1. The van der Waals surface area contributed by atoms with Crippen LogP contribution in [0.4, 0.5) is 0 Å². The highest BCUT2D eigenvalue weighted by Gasteiger charge is 2.31. The number of aromatic nitrogens is 2. The summed E-state index contributed by atoms with van der Waals surface area (Å²) in [5.74, 6) is 1.12. The van der Waals surface area contributed by atoms with E-state index in [1.807, 2.05) is 35.2 Å². The zero-order chi connectivity index (χ0) is 16.5. The average Bonchev–Trinajstić information content (AvgIpc) is 3.21. The zero-order valence-corrected chi connectivity index (χ0v) is 13.3. The molecule has 2 aromatic carbocycles.